The molecular formula is C17H22N2O4S. The number of fused-ring (bicyclic) bond motifs is 1. The molecule has 0 N–H and O–H groups in total. The molecule has 1 atom stereocenters. The largest absolute Gasteiger partial charge is 0.490 e. The quantitative estimate of drug-likeness (QED) is 0.773. The predicted octanol–water partition coefficient (Wildman–Crippen LogP) is 1.48. The van der Waals surface area contributed by atoms with Gasteiger partial charge in [-0.2, -0.15) is 4.31 Å². The third kappa shape index (κ3) is 2.92. The number of ether oxygens (including phenoxy) is 2. The molecule has 3 heterocycles. The molecule has 1 fully saturated rings. The third-order valence-corrected chi connectivity index (χ3v) is 6.71. The second-order valence-corrected chi connectivity index (χ2v) is 8.33. The van der Waals surface area contributed by atoms with Gasteiger partial charge in [0, 0.05) is 44.7 Å². The molecule has 1 aromatic carbocycles. The number of benzene rings is 1. The topological polar surface area (TPSA) is 59.1 Å². The molecule has 0 unspecified atom stereocenters. The molecule has 7 heteroatoms. The lowest BCUT2D eigenvalue weighted by Gasteiger charge is -2.23. The highest BCUT2D eigenvalue weighted by molar-refractivity contribution is 7.89. The van der Waals surface area contributed by atoms with E-state index < -0.39 is 10.0 Å². The second-order valence-electron chi connectivity index (χ2n) is 6.39. The van der Waals surface area contributed by atoms with Gasteiger partial charge in [-0.05, 0) is 18.6 Å². The summed E-state index contributed by atoms with van der Waals surface area (Å²) in [4.78, 5) is 2.61. The molecule has 1 saturated heterocycles. The summed E-state index contributed by atoms with van der Waals surface area (Å²) in [7, 11) is -3.50. The van der Waals surface area contributed by atoms with Crippen LogP contribution >= 0.6 is 0 Å². The van der Waals surface area contributed by atoms with Crippen molar-refractivity contribution in [2.45, 2.75) is 23.8 Å². The van der Waals surface area contributed by atoms with Crippen LogP contribution in [0.1, 0.15) is 12.8 Å². The van der Waals surface area contributed by atoms with Crippen LogP contribution < -0.4 is 9.47 Å². The van der Waals surface area contributed by atoms with Gasteiger partial charge in [-0.3, -0.25) is 4.90 Å². The van der Waals surface area contributed by atoms with Crippen LogP contribution in [-0.2, 0) is 10.0 Å². The molecule has 0 radical (unpaired) electrons. The standard InChI is InChI=1S/C17H22N2O4S/c20-24(21,19-9-6-14(13-19)18-7-1-2-8-18)15-4-5-16-17(12-15)23-11-3-10-22-16/h1-2,4-5,12,14H,3,6-11,13H2/t14-/m1/s1. The Morgan fingerprint density at radius 3 is 2.58 bits per heavy atom. The van der Waals surface area contributed by atoms with Gasteiger partial charge in [0.25, 0.3) is 0 Å². The minimum absolute atomic E-state index is 0.284. The van der Waals surface area contributed by atoms with Gasteiger partial charge in [-0.1, -0.05) is 12.2 Å². The van der Waals surface area contributed by atoms with Crippen LogP contribution in [0.25, 0.3) is 0 Å². The van der Waals surface area contributed by atoms with Crippen molar-refractivity contribution in [3.63, 3.8) is 0 Å². The molecule has 0 bridgehead atoms. The van der Waals surface area contributed by atoms with Crippen molar-refractivity contribution in [1.82, 2.24) is 9.21 Å². The minimum Gasteiger partial charge on any atom is -0.490 e. The highest BCUT2D eigenvalue weighted by atomic mass is 32.2. The molecule has 1 aromatic rings. The van der Waals surface area contributed by atoms with Crippen molar-refractivity contribution in [2.24, 2.45) is 0 Å². The summed E-state index contributed by atoms with van der Waals surface area (Å²) in [6.45, 7) is 4.10. The van der Waals surface area contributed by atoms with Gasteiger partial charge >= 0.3 is 0 Å². The van der Waals surface area contributed by atoms with E-state index in [2.05, 4.69) is 17.1 Å². The first-order valence-electron chi connectivity index (χ1n) is 8.43. The smallest absolute Gasteiger partial charge is 0.243 e. The van der Waals surface area contributed by atoms with E-state index in [1.165, 1.54) is 0 Å². The first-order valence-corrected chi connectivity index (χ1v) is 9.87. The van der Waals surface area contributed by atoms with Crippen molar-refractivity contribution in [3.8, 4) is 11.5 Å². The highest BCUT2D eigenvalue weighted by Crippen LogP contribution is 2.34. The van der Waals surface area contributed by atoms with E-state index in [1.54, 1.807) is 22.5 Å². The Kier molecular flexibility index (Phi) is 4.24. The van der Waals surface area contributed by atoms with Crippen LogP contribution in [0.15, 0.2) is 35.2 Å². The van der Waals surface area contributed by atoms with Gasteiger partial charge in [-0.15, -0.1) is 0 Å². The molecule has 3 aliphatic heterocycles. The van der Waals surface area contributed by atoms with Gasteiger partial charge in [0.2, 0.25) is 10.0 Å². The monoisotopic (exact) mass is 350 g/mol. The predicted molar refractivity (Wildman–Crippen MR) is 89.9 cm³/mol. The summed E-state index contributed by atoms with van der Waals surface area (Å²) in [6.07, 6.45) is 5.96. The Hall–Kier alpha value is -1.57. The van der Waals surface area contributed by atoms with Crippen molar-refractivity contribution in [1.29, 1.82) is 0 Å². The molecule has 0 amide bonds. The number of hydrogen-bond donors (Lipinski definition) is 0. The lowest BCUT2D eigenvalue weighted by molar-refractivity contribution is 0.261. The van der Waals surface area contributed by atoms with Crippen LogP contribution in [0, 0.1) is 0 Å². The molecule has 24 heavy (non-hydrogen) atoms. The van der Waals surface area contributed by atoms with E-state index in [9.17, 15) is 8.42 Å². The first kappa shape index (κ1) is 15.9. The zero-order valence-corrected chi connectivity index (χ0v) is 14.4. The van der Waals surface area contributed by atoms with Crippen molar-refractivity contribution in [2.75, 3.05) is 39.4 Å². The molecule has 3 aliphatic rings. The maximum absolute atomic E-state index is 13.0. The van der Waals surface area contributed by atoms with E-state index >= 15 is 0 Å². The minimum atomic E-state index is -3.50. The van der Waals surface area contributed by atoms with E-state index in [0.29, 0.717) is 43.8 Å². The Balaban J connectivity index is 1.53. The van der Waals surface area contributed by atoms with E-state index in [1.807, 2.05) is 0 Å². The summed E-state index contributed by atoms with van der Waals surface area (Å²) >= 11 is 0. The van der Waals surface area contributed by atoms with Crippen molar-refractivity contribution >= 4 is 10.0 Å². The average molecular weight is 350 g/mol. The Morgan fingerprint density at radius 2 is 1.79 bits per heavy atom. The molecule has 4 rings (SSSR count). The normalized spacial score (nSPS) is 25.1. The van der Waals surface area contributed by atoms with Gasteiger partial charge in [0.15, 0.2) is 11.5 Å². The SMILES string of the molecule is O=S(=O)(c1ccc2c(c1)OCCCO2)N1CC[C@@H](N2CC=CC2)C1. The Labute approximate surface area is 142 Å². The lowest BCUT2D eigenvalue weighted by atomic mass is 10.2. The second kappa shape index (κ2) is 6.38. The summed E-state index contributed by atoms with van der Waals surface area (Å²) in [5.41, 5.74) is 0. The van der Waals surface area contributed by atoms with Gasteiger partial charge in [0.05, 0.1) is 18.1 Å². The molecule has 130 valence electrons. The fraction of sp³-hybridized carbons (Fsp3) is 0.529. The van der Waals surface area contributed by atoms with Crippen LogP contribution in [-0.4, -0.2) is 63.1 Å². The number of sulfonamides is 1. The number of rotatable bonds is 3. The molecule has 0 aliphatic carbocycles. The van der Waals surface area contributed by atoms with Crippen LogP contribution in [0.5, 0.6) is 11.5 Å². The maximum Gasteiger partial charge on any atom is 0.243 e. The van der Waals surface area contributed by atoms with Crippen LogP contribution in [0.3, 0.4) is 0 Å². The summed E-state index contributed by atoms with van der Waals surface area (Å²) in [6, 6.07) is 5.22. The third-order valence-electron chi connectivity index (χ3n) is 4.85. The molecule has 0 aromatic heterocycles. The Morgan fingerprint density at radius 1 is 1.04 bits per heavy atom. The van der Waals surface area contributed by atoms with Gasteiger partial charge in [-0.25, -0.2) is 8.42 Å². The number of hydrogen-bond acceptors (Lipinski definition) is 5. The fourth-order valence-electron chi connectivity index (χ4n) is 3.47. The zero-order chi connectivity index (χ0) is 16.6. The summed E-state index contributed by atoms with van der Waals surface area (Å²) in [5, 5.41) is 0. The first-order chi connectivity index (χ1) is 11.6. The van der Waals surface area contributed by atoms with E-state index in [-0.39, 0.29) is 4.90 Å². The molecular weight excluding hydrogens is 328 g/mol. The molecule has 6 nitrogen and oxygen atoms in total. The van der Waals surface area contributed by atoms with E-state index in [4.69, 9.17) is 9.47 Å². The zero-order valence-electron chi connectivity index (χ0n) is 13.6. The van der Waals surface area contributed by atoms with E-state index in [0.717, 1.165) is 25.9 Å². The number of nitrogens with zero attached hydrogens (tertiary/aromatic N) is 2. The van der Waals surface area contributed by atoms with Crippen molar-refractivity contribution < 1.29 is 17.9 Å². The molecule has 0 spiro atoms. The average Bonchev–Trinajstić information content (AvgIpc) is 3.22. The van der Waals surface area contributed by atoms with Gasteiger partial charge < -0.3 is 9.47 Å². The molecule has 0 saturated carbocycles. The van der Waals surface area contributed by atoms with Gasteiger partial charge in [0.1, 0.15) is 0 Å². The Bertz CT molecular complexity index is 739. The summed E-state index contributed by atoms with van der Waals surface area (Å²) in [5.74, 6) is 1.14. The van der Waals surface area contributed by atoms with Crippen LogP contribution in [0.4, 0.5) is 0 Å². The fourth-order valence-corrected chi connectivity index (χ4v) is 4.98. The highest BCUT2D eigenvalue weighted by Gasteiger charge is 2.35. The summed E-state index contributed by atoms with van der Waals surface area (Å²) < 4.78 is 38.7. The maximum atomic E-state index is 13.0. The van der Waals surface area contributed by atoms with Crippen molar-refractivity contribution in [3.05, 3.63) is 30.4 Å². The lowest BCUT2D eigenvalue weighted by Crippen LogP contribution is -2.37. The van der Waals surface area contributed by atoms with Crippen LogP contribution in [0.2, 0.25) is 0 Å².